The molecule has 0 bridgehead atoms. The number of halogens is 1. The molecule has 0 aliphatic carbocycles. The highest BCUT2D eigenvalue weighted by Crippen LogP contribution is 2.44. The average Bonchev–Trinajstić information content (AvgIpc) is 2.30. The molecule has 0 saturated carbocycles. The summed E-state index contributed by atoms with van der Waals surface area (Å²) >= 11 is 0. The number of hydrogen-bond acceptors (Lipinski definition) is 4. The highest BCUT2D eigenvalue weighted by molar-refractivity contribution is 5.79. The minimum absolute atomic E-state index is 0.0906. The Balaban J connectivity index is 2.62. The van der Waals surface area contributed by atoms with E-state index in [4.69, 9.17) is 14.6 Å². The zero-order chi connectivity index (χ0) is 12.6. The number of rotatable bonds is 2. The third-order valence-electron chi connectivity index (χ3n) is 2.60. The second-order valence-electron chi connectivity index (χ2n) is 3.70. The summed E-state index contributed by atoms with van der Waals surface area (Å²) in [6, 6.07) is 0.988. The third kappa shape index (κ3) is 1.86. The molecule has 1 aromatic rings. The van der Waals surface area contributed by atoms with Crippen LogP contribution in [0.2, 0.25) is 0 Å². The van der Waals surface area contributed by atoms with Gasteiger partial charge in [-0.3, -0.25) is 4.79 Å². The van der Waals surface area contributed by atoms with Gasteiger partial charge in [0.1, 0.15) is 13.2 Å². The predicted octanol–water partition coefficient (Wildman–Crippen LogP) is 1.49. The van der Waals surface area contributed by atoms with E-state index in [1.54, 1.807) is 0 Å². The normalized spacial score (nSPS) is 15.4. The molecular formula is C11H11FO5. The molecule has 1 aliphatic rings. The summed E-state index contributed by atoms with van der Waals surface area (Å²) < 4.78 is 23.8. The van der Waals surface area contributed by atoms with Crippen LogP contribution in [0.1, 0.15) is 18.4 Å². The Morgan fingerprint density at radius 3 is 2.76 bits per heavy atom. The molecule has 5 nitrogen and oxygen atoms in total. The first kappa shape index (κ1) is 11.5. The Hall–Kier alpha value is -1.98. The van der Waals surface area contributed by atoms with Crippen LogP contribution in [-0.2, 0) is 4.79 Å². The molecule has 1 atom stereocenters. The van der Waals surface area contributed by atoms with Crippen LogP contribution in [0.25, 0.3) is 0 Å². The fourth-order valence-corrected chi connectivity index (χ4v) is 1.69. The number of carbonyl (C=O) groups is 1. The fourth-order valence-electron chi connectivity index (χ4n) is 1.69. The molecule has 92 valence electrons. The van der Waals surface area contributed by atoms with Crippen molar-refractivity contribution < 1.29 is 28.9 Å². The number of ether oxygens (including phenoxy) is 2. The van der Waals surface area contributed by atoms with Crippen LogP contribution in [0.5, 0.6) is 17.2 Å². The van der Waals surface area contributed by atoms with Crippen LogP contribution in [0, 0.1) is 5.82 Å². The Morgan fingerprint density at radius 2 is 2.12 bits per heavy atom. The molecule has 6 heteroatoms. The number of fused-ring (bicyclic) bond motifs is 1. The quantitative estimate of drug-likeness (QED) is 0.821. The van der Waals surface area contributed by atoms with E-state index < -0.39 is 23.5 Å². The average molecular weight is 242 g/mol. The van der Waals surface area contributed by atoms with Gasteiger partial charge in [0, 0.05) is 6.07 Å². The summed E-state index contributed by atoms with van der Waals surface area (Å²) in [6.45, 7) is 1.84. The van der Waals surface area contributed by atoms with Gasteiger partial charge in [0.05, 0.1) is 11.5 Å². The molecule has 2 rings (SSSR count). The second kappa shape index (κ2) is 4.12. The minimum atomic E-state index is -1.18. The lowest BCUT2D eigenvalue weighted by Crippen LogP contribution is -2.19. The SMILES string of the molecule is CC(C(=O)O)c1c(O)c(F)cc2c1OCCO2. The smallest absolute Gasteiger partial charge is 0.310 e. The van der Waals surface area contributed by atoms with Gasteiger partial charge in [-0.25, -0.2) is 4.39 Å². The van der Waals surface area contributed by atoms with Gasteiger partial charge >= 0.3 is 5.97 Å². The number of hydrogen-bond donors (Lipinski definition) is 2. The van der Waals surface area contributed by atoms with E-state index in [-0.39, 0.29) is 30.3 Å². The van der Waals surface area contributed by atoms with Crippen molar-refractivity contribution in [2.45, 2.75) is 12.8 Å². The molecule has 0 aromatic heterocycles. The van der Waals surface area contributed by atoms with Gasteiger partial charge in [-0.1, -0.05) is 0 Å². The van der Waals surface area contributed by atoms with Crippen molar-refractivity contribution in [1.82, 2.24) is 0 Å². The lowest BCUT2D eigenvalue weighted by Gasteiger charge is -2.23. The van der Waals surface area contributed by atoms with Crippen molar-refractivity contribution in [3.8, 4) is 17.2 Å². The van der Waals surface area contributed by atoms with Gasteiger partial charge in [0.15, 0.2) is 23.1 Å². The molecule has 0 fully saturated rings. The number of aromatic hydroxyl groups is 1. The van der Waals surface area contributed by atoms with Gasteiger partial charge in [0.25, 0.3) is 0 Å². The molecule has 0 saturated heterocycles. The first-order chi connectivity index (χ1) is 8.02. The Labute approximate surface area is 96.4 Å². The largest absolute Gasteiger partial charge is 0.505 e. The van der Waals surface area contributed by atoms with Crippen molar-refractivity contribution >= 4 is 5.97 Å². The Morgan fingerprint density at radius 1 is 1.47 bits per heavy atom. The summed E-state index contributed by atoms with van der Waals surface area (Å²) in [4.78, 5) is 10.9. The van der Waals surface area contributed by atoms with Crippen molar-refractivity contribution in [1.29, 1.82) is 0 Å². The van der Waals surface area contributed by atoms with Gasteiger partial charge in [-0.2, -0.15) is 0 Å². The van der Waals surface area contributed by atoms with Gasteiger partial charge in [-0.15, -0.1) is 0 Å². The molecule has 1 unspecified atom stereocenters. The lowest BCUT2D eigenvalue weighted by molar-refractivity contribution is -0.138. The minimum Gasteiger partial charge on any atom is -0.505 e. The van der Waals surface area contributed by atoms with E-state index in [0.29, 0.717) is 0 Å². The van der Waals surface area contributed by atoms with Crippen LogP contribution < -0.4 is 9.47 Å². The maximum absolute atomic E-state index is 13.4. The molecule has 0 spiro atoms. The number of carboxylic acids is 1. The van der Waals surface area contributed by atoms with E-state index in [2.05, 4.69) is 0 Å². The number of carboxylic acid groups (broad SMARTS) is 1. The highest BCUT2D eigenvalue weighted by atomic mass is 19.1. The summed E-state index contributed by atoms with van der Waals surface area (Å²) in [5, 5.41) is 18.5. The van der Waals surface area contributed by atoms with Crippen LogP contribution in [0.15, 0.2) is 6.07 Å². The number of phenols is 1. The van der Waals surface area contributed by atoms with Gasteiger partial charge in [0.2, 0.25) is 0 Å². The maximum atomic E-state index is 13.4. The van der Waals surface area contributed by atoms with Gasteiger partial charge < -0.3 is 19.7 Å². The first-order valence-corrected chi connectivity index (χ1v) is 5.06. The summed E-state index contributed by atoms with van der Waals surface area (Å²) in [6.07, 6.45) is 0. The monoisotopic (exact) mass is 242 g/mol. The van der Waals surface area contributed by atoms with E-state index >= 15 is 0 Å². The summed E-state index contributed by atoms with van der Waals surface area (Å²) in [5.41, 5.74) is -0.0906. The zero-order valence-electron chi connectivity index (χ0n) is 9.07. The van der Waals surface area contributed by atoms with Crippen molar-refractivity contribution in [3.05, 3.63) is 17.4 Å². The van der Waals surface area contributed by atoms with E-state index in [1.165, 1.54) is 6.92 Å². The maximum Gasteiger partial charge on any atom is 0.310 e. The van der Waals surface area contributed by atoms with Crippen LogP contribution in [0.3, 0.4) is 0 Å². The highest BCUT2D eigenvalue weighted by Gasteiger charge is 2.29. The molecule has 1 aliphatic heterocycles. The zero-order valence-corrected chi connectivity index (χ0v) is 9.07. The molecule has 2 N–H and O–H groups in total. The lowest BCUT2D eigenvalue weighted by atomic mass is 9.98. The van der Waals surface area contributed by atoms with Crippen molar-refractivity contribution in [2.24, 2.45) is 0 Å². The molecule has 0 radical (unpaired) electrons. The molecule has 1 heterocycles. The van der Waals surface area contributed by atoms with Crippen LogP contribution in [-0.4, -0.2) is 29.4 Å². The van der Waals surface area contributed by atoms with Crippen LogP contribution in [0.4, 0.5) is 4.39 Å². The first-order valence-electron chi connectivity index (χ1n) is 5.06. The van der Waals surface area contributed by atoms with Gasteiger partial charge in [-0.05, 0) is 6.92 Å². The molecule has 17 heavy (non-hydrogen) atoms. The van der Waals surface area contributed by atoms with Crippen molar-refractivity contribution in [2.75, 3.05) is 13.2 Å². The molecule has 0 amide bonds. The Kier molecular flexibility index (Phi) is 2.79. The second-order valence-corrected chi connectivity index (χ2v) is 3.70. The van der Waals surface area contributed by atoms with Crippen LogP contribution >= 0.6 is 0 Å². The topological polar surface area (TPSA) is 76.0 Å². The van der Waals surface area contributed by atoms with E-state index in [9.17, 15) is 14.3 Å². The fraction of sp³-hybridized carbons (Fsp3) is 0.364. The Bertz CT molecular complexity index is 471. The predicted molar refractivity (Wildman–Crippen MR) is 55.1 cm³/mol. The standard InChI is InChI=1S/C11H11FO5/c1-5(11(14)15)8-9(13)6(12)4-7-10(8)17-3-2-16-7/h4-5,13H,2-3H2,1H3,(H,14,15). The molecule has 1 aromatic carbocycles. The summed E-state index contributed by atoms with van der Waals surface area (Å²) in [7, 11) is 0. The number of aliphatic carboxylic acids is 1. The van der Waals surface area contributed by atoms with E-state index in [1.807, 2.05) is 0 Å². The molecular weight excluding hydrogens is 231 g/mol. The number of phenolic OH excluding ortho intramolecular Hbond substituents is 1. The van der Waals surface area contributed by atoms with Crippen molar-refractivity contribution in [3.63, 3.8) is 0 Å². The third-order valence-corrected chi connectivity index (χ3v) is 2.60. The van der Waals surface area contributed by atoms with E-state index in [0.717, 1.165) is 6.07 Å². The summed E-state index contributed by atoms with van der Waals surface area (Å²) in [5.74, 6) is -3.66. The number of benzene rings is 1.